The lowest BCUT2D eigenvalue weighted by Gasteiger charge is -2.28. The SMILES string of the molecule is CCOc1ccc(N(Cc2ccccc2)C(=O)NC2CCCCC2)cc1. The first kappa shape index (κ1) is 18.3. The predicted octanol–water partition coefficient (Wildman–Crippen LogP) is 5.13. The molecule has 26 heavy (non-hydrogen) atoms. The molecule has 1 saturated carbocycles. The fraction of sp³-hybridized carbons (Fsp3) is 0.409. The zero-order chi connectivity index (χ0) is 18.2. The van der Waals surface area contributed by atoms with E-state index in [1.165, 1.54) is 19.3 Å². The second kappa shape index (κ2) is 9.27. The molecule has 0 aromatic heterocycles. The molecule has 138 valence electrons. The van der Waals surface area contributed by atoms with Gasteiger partial charge in [0.2, 0.25) is 0 Å². The minimum absolute atomic E-state index is 0.0232. The second-order valence-corrected chi connectivity index (χ2v) is 6.78. The fourth-order valence-electron chi connectivity index (χ4n) is 3.43. The van der Waals surface area contributed by atoms with Gasteiger partial charge in [0.05, 0.1) is 13.2 Å². The third kappa shape index (κ3) is 5.01. The molecule has 0 atom stereocenters. The maximum Gasteiger partial charge on any atom is 0.322 e. The van der Waals surface area contributed by atoms with Gasteiger partial charge in [0.1, 0.15) is 5.75 Å². The van der Waals surface area contributed by atoms with Crippen LogP contribution in [-0.2, 0) is 6.54 Å². The van der Waals surface area contributed by atoms with Gasteiger partial charge in [-0.3, -0.25) is 4.90 Å². The Morgan fingerprint density at radius 2 is 1.73 bits per heavy atom. The molecule has 4 nitrogen and oxygen atoms in total. The van der Waals surface area contributed by atoms with Crippen LogP contribution in [0, 0.1) is 0 Å². The van der Waals surface area contributed by atoms with Crippen molar-refractivity contribution in [1.29, 1.82) is 0 Å². The van der Waals surface area contributed by atoms with Gasteiger partial charge in [-0.1, -0.05) is 49.6 Å². The maximum atomic E-state index is 13.0. The first-order chi connectivity index (χ1) is 12.8. The van der Waals surface area contributed by atoms with Crippen LogP contribution in [0.5, 0.6) is 5.75 Å². The third-order valence-electron chi connectivity index (χ3n) is 4.82. The van der Waals surface area contributed by atoms with Crippen LogP contribution in [0.15, 0.2) is 54.6 Å². The van der Waals surface area contributed by atoms with E-state index in [2.05, 4.69) is 17.4 Å². The molecule has 3 rings (SSSR count). The second-order valence-electron chi connectivity index (χ2n) is 6.78. The molecular formula is C22H28N2O2. The van der Waals surface area contributed by atoms with Crippen molar-refractivity contribution in [3.05, 3.63) is 60.2 Å². The van der Waals surface area contributed by atoms with E-state index < -0.39 is 0 Å². The molecule has 4 heteroatoms. The van der Waals surface area contributed by atoms with Crippen LogP contribution in [0.25, 0.3) is 0 Å². The Hall–Kier alpha value is -2.49. The van der Waals surface area contributed by atoms with Gasteiger partial charge in [0.15, 0.2) is 0 Å². The molecule has 1 aliphatic carbocycles. The van der Waals surface area contributed by atoms with E-state index in [1.807, 2.05) is 54.3 Å². The number of nitrogens with one attached hydrogen (secondary N) is 1. The maximum absolute atomic E-state index is 13.0. The van der Waals surface area contributed by atoms with Crippen molar-refractivity contribution in [3.8, 4) is 5.75 Å². The van der Waals surface area contributed by atoms with E-state index in [0.717, 1.165) is 29.8 Å². The summed E-state index contributed by atoms with van der Waals surface area (Å²) in [6, 6.07) is 18.1. The van der Waals surface area contributed by atoms with Crippen LogP contribution in [0.1, 0.15) is 44.6 Å². The van der Waals surface area contributed by atoms with Crippen molar-refractivity contribution in [2.75, 3.05) is 11.5 Å². The molecule has 1 N–H and O–H groups in total. The van der Waals surface area contributed by atoms with E-state index in [9.17, 15) is 4.79 Å². The highest BCUT2D eigenvalue weighted by Gasteiger charge is 2.21. The molecule has 2 amide bonds. The van der Waals surface area contributed by atoms with Crippen molar-refractivity contribution < 1.29 is 9.53 Å². The molecule has 0 spiro atoms. The molecule has 0 unspecified atom stereocenters. The number of carbonyl (C=O) groups is 1. The smallest absolute Gasteiger partial charge is 0.322 e. The number of nitrogens with zero attached hydrogens (tertiary/aromatic N) is 1. The van der Waals surface area contributed by atoms with E-state index in [0.29, 0.717) is 13.2 Å². The molecule has 1 fully saturated rings. The molecule has 0 aliphatic heterocycles. The Bertz CT molecular complexity index is 679. The van der Waals surface area contributed by atoms with Crippen LogP contribution in [-0.4, -0.2) is 18.7 Å². The van der Waals surface area contributed by atoms with Crippen molar-refractivity contribution in [2.24, 2.45) is 0 Å². The number of rotatable bonds is 6. The van der Waals surface area contributed by atoms with Crippen molar-refractivity contribution in [1.82, 2.24) is 5.32 Å². The summed E-state index contributed by atoms with van der Waals surface area (Å²) < 4.78 is 5.52. The first-order valence-corrected chi connectivity index (χ1v) is 9.61. The molecule has 0 heterocycles. The summed E-state index contributed by atoms with van der Waals surface area (Å²) >= 11 is 0. The fourth-order valence-corrected chi connectivity index (χ4v) is 3.43. The molecular weight excluding hydrogens is 324 g/mol. The summed E-state index contributed by atoms with van der Waals surface area (Å²) in [6.45, 7) is 3.15. The van der Waals surface area contributed by atoms with Gasteiger partial charge in [0.25, 0.3) is 0 Å². The zero-order valence-electron chi connectivity index (χ0n) is 15.5. The van der Waals surface area contributed by atoms with Crippen LogP contribution in [0.2, 0.25) is 0 Å². The average Bonchev–Trinajstić information content (AvgIpc) is 2.69. The van der Waals surface area contributed by atoms with Crippen molar-refractivity contribution in [2.45, 2.75) is 51.6 Å². The highest BCUT2D eigenvalue weighted by Crippen LogP contribution is 2.23. The number of amides is 2. The highest BCUT2D eigenvalue weighted by molar-refractivity contribution is 5.92. The van der Waals surface area contributed by atoms with Gasteiger partial charge in [-0.05, 0) is 49.6 Å². The first-order valence-electron chi connectivity index (χ1n) is 9.61. The molecule has 1 aliphatic rings. The summed E-state index contributed by atoms with van der Waals surface area (Å²) in [5.74, 6) is 0.823. The third-order valence-corrected chi connectivity index (χ3v) is 4.82. The van der Waals surface area contributed by atoms with Gasteiger partial charge in [-0.15, -0.1) is 0 Å². The number of anilines is 1. The van der Waals surface area contributed by atoms with Gasteiger partial charge >= 0.3 is 6.03 Å². The van der Waals surface area contributed by atoms with Crippen LogP contribution >= 0.6 is 0 Å². The number of hydrogen-bond donors (Lipinski definition) is 1. The topological polar surface area (TPSA) is 41.6 Å². The van der Waals surface area contributed by atoms with Crippen LogP contribution in [0.4, 0.5) is 10.5 Å². The van der Waals surface area contributed by atoms with Crippen molar-refractivity contribution in [3.63, 3.8) is 0 Å². The summed E-state index contributed by atoms with van der Waals surface area (Å²) in [5.41, 5.74) is 1.99. The summed E-state index contributed by atoms with van der Waals surface area (Å²) in [6.07, 6.45) is 5.83. The highest BCUT2D eigenvalue weighted by atomic mass is 16.5. The lowest BCUT2D eigenvalue weighted by atomic mass is 9.96. The molecule has 0 radical (unpaired) electrons. The zero-order valence-corrected chi connectivity index (χ0v) is 15.5. The number of urea groups is 1. The number of hydrogen-bond acceptors (Lipinski definition) is 2. The molecule has 2 aromatic carbocycles. The molecule has 2 aromatic rings. The largest absolute Gasteiger partial charge is 0.494 e. The average molecular weight is 352 g/mol. The normalized spacial score (nSPS) is 14.7. The Balaban J connectivity index is 1.77. The van der Waals surface area contributed by atoms with Gasteiger partial charge in [-0.2, -0.15) is 0 Å². The lowest BCUT2D eigenvalue weighted by Crippen LogP contribution is -2.45. The minimum atomic E-state index is -0.0232. The lowest BCUT2D eigenvalue weighted by molar-refractivity contribution is 0.238. The standard InChI is InChI=1S/C22H28N2O2/c1-2-26-21-15-13-20(14-16-21)24(17-18-9-5-3-6-10-18)22(25)23-19-11-7-4-8-12-19/h3,5-6,9-10,13-16,19H,2,4,7-8,11-12,17H2,1H3,(H,23,25). The summed E-state index contributed by atoms with van der Waals surface area (Å²) in [7, 11) is 0. The van der Waals surface area contributed by atoms with E-state index in [1.54, 1.807) is 0 Å². The predicted molar refractivity (Wildman–Crippen MR) is 106 cm³/mol. The van der Waals surface area contributed by atoms with Crippen LogP contribution in [0.3, 0.4) is 0 Å². The Morgan fingerprint density at radius 3 is 2.38 bits per heavy atom. The quantitative estimate of drug-likeness (QED) is 0.782. The van der Waals surface area contributed by atoms with Crippen molar-refractivity contribution >= 4 is 11.7 Å². The Morgan fingerprint density at radius 1 is 1.04 bits per heavy atom. The minimum Gasteiger partial charge on any atom is -0.494 e. The number of ether oxygens (including phenoxy) is 1. The summed E-state index contributed by atoms with van der Waals surface area (Å²) in [4.78, 5) is 14.8. The van der Waals surface area contributed by atoms with E-state index in [-0.39, 0.29) is 12.1 Å². The van der Waals surface area contributed by atoms with Gasteiger partial charge in [0, 0.05) is 11.7 Å². The Kier molecular flexibility index (Phi) is 6.53. The van der Waals surface area contributed by atoms with Gasteiger partial charge in [-0.25, -0.2) is 4.79 Å². The summed E-state index contributed by atoms with van der Waals surface area (Å²) in [5, 5.41) is 3.23. The van der Waals surface area contributed by atoms with Gasteiger partial charge < -0.3 is 10.1 Å². The van der Waals surface area contributed by atoms with E-state index in [4.69, 9.17) is 4.74 Å². The number of carbonyl (C=O) groups excluding carboxylic acids is 1. The number of benzene rings is 2. The molecule has 0 saturated heterocycles. The Labute approximate surface area is 156 Å². The van der Waals surface area contributed by atoms with E-state index >= 15 is 0 Å². The molecule has 0 bridgehead atoms. The van der Waals surface area contributed by atoms with Crippen LogP contribution < -0.4 is 15.0 Å². The monoisotopic (exact) mass is 352 g/mol.